The Bertz CT molecular complexity index is 324. The Kier molecular flexibility index (Phi) is 3.86. The first-order chi connectivity index (χ1) is 6.79. The fourth-order valence-electron chi connectivity index (χ4n) is 1.38. The van der Waals surface area contributed by atoms with Gasteiger partial charge in [-0.2, -0.15) is 0 Å². The molecule has 0 spiro atoms. The third-order valence-corrected chi connectivity index (χ3v) is 2.09. The second kappa shape index (κ2) is 5.18. The van der Waals surface area contributed by atoms with Crippen LogP contribution in [-0.2, 0) is 4.79 Å². The molecule has 1 aromatic carbocycles. The molecule has 0 radical (unpaired) electrons. The number of carbonyl (C=O) groups excluding carboxylic acids is 1. The van der Waals surface area contributed by atoms with Crippen LogP contribution in [0.1, 0.15) is 17.9 Å². The molecule has 1 atom stereocenters. The molecule has 0 bridgehead atoms. The average Bonchev–Trinajstić information content (AvgIpc) is 2.21. The van der Waals surface area contributed by atoms with Crippen molar-refractivity contribution < 1.29 is 4.79 Å². The van der Waals surface area contributed by atoms with E-state index in [2.05, 4.69) is 13.2 Å². The highest BCUT2D eigenvalue weighted by Gasteiger charge is 2.14. The third kappa shape index (κ3) is 2.43. The molecule has 1 aromatic rings. The Morgan fingerprint density at radius 2 is 1.93 bits per heavy atom. The van der Waals surface area contributed by atoms with Crippen molar-refractivity contribution in [2.45, 2.75) is 12.3 Å². The first kappa shape index (κ1) is 10.5. The summed E-state index contributed by atoms with van der Waals surface area (Å²) in [4.78, 5) is 11.6. The van der Waals surface area contributed by atoms with Crippen molar-refractivity contribution in [3.05, 3.63) is 61.2 Å². The van der Waals surface area contributed by atoms with E-state index in [-0.39, 0.29) is 11.7 Å². The van der Waals surface area contributed by atoms with Crippen molar-refractivity contribution in [2.75, 3.05) is 0 Å². The molecule has 0 aliphatic carbocycles. The van der Waals surface area contributed by atoms with Gasteiger partial charge in [-0.25, -0.2) is 0 Å². The Hall–Kier alpha value is -1.63. The van der Waals surface area contributed by atoms with Crippen LogP contribution in [0.15, 0.2) is 55.6 Å². The van der Waals surface area contributed by atoms with E-state index in [1.165, 1.54) is 0 Å². The molecule has 0 saturated heterocycles. The molecule has 1 nitrogen and oxygen atoms in total. The van der Waals surface area contributed by atoms with Gasteiger partial charge in [0.15, 0.2) is 0 Å². The molecular formula is C13H14O. The topological polar surface area (TPSA) is 17.1 Å². The molecule has 0 amide bonds. The van der Waals surface area contributed by atoms with Crippen molar-refractivity contribution >= 4 is 5.78 Å². The molecule has 1 heteroatoms. The predicted molar refractivity (Wildman–Crippen MR) is 59.2 cm³/mol. The van der Waals surface area contributed by atoms with E-state index in [1.54, 1.807) is 12.2 Å². The second-order valence-corrected chi connectivity index (χ2v) is 3.08. The fourth-order valence-corrected chi connectivity index (χ4v) is 1.38. The van der Waals surface area contributed by atoms with Gasteiger partial charge in [-0.3, -0.25) is 4.79 Å². The SMILES string of the molecule is C=CCC(=O)C(C=C)c1ccccc1. The molecule has 0 aliphatic rings. The summed E-state index contributed by atoms with van der Waals surface area (Å²) in [5, 5.41) is 0. The van der Waals surface area contributed by atoms with E-state index in [1.807, 2.05) is 30.3 Å². The van der Waals surface area contributed by atoms with Gasteiger partial charge in [0.1, 0.15) is 5.78 Å². The third-order valence-electron chi connectivity index (χ3n) is 2.09. The molecule has 0 aliphatic heterocycles. The molecule has 72 valence electrons. The first-order valence-electron chi connectivity index (χ1n) is 4.60. The number of allylic oxidation sites excluding steroid dienone is 2. The van der Waals surface area contributed by atoms with E-state index in [0.717, 1.165) is 5.56 Å². The van der Waals surface area contributed by atoms with Crippen LogP contribution in [0.2, 0.25) is 0 Å². The van der Waals surface area contributed by atoms with Gasteiger partial charge in [-0.15, -0.1) is 13.2 Å². The van der Waals surface area contributed by atoms with Crippen molar-refractivity contribution in [2.24, 2.45) is 0 Å². The lowest BCUT2D eigenvalue weighted by atomic mass is 9.93. The maximum absolute atomic E-state index is 11.6. The van der Waals surface area contributed by atoms with E-state index in [4.69, 9.17) is 0 Å². The Labute approximate surface area is 84.8 Å². The number of rotatable bonds is 5. The lowest BCUT2D eigenvalue weighted by Gasteiger charge is -2.09. The zero-order chi connectivity index (χ0) is 10.4. The highest BCUT2D eigenvalue weighted by Crippen LogP contribution is 2.18. The second-order valence-electron chi connectivity index (χ2n) is 3.08. The highest BCUT2D eigenvalue weighted by molar-refractivity contribution is 5.88. The predicted octanol–water partition coefficient (Wildman–Crippen LogP) is 3.10. The maximum atomic E-state index is 11.6. The lowest BCUT2D eigenvalue weighted by Crippen LogP contribution is -2.08. The number of ketones is 1. The molecule has 0 saturated carbocycles. The minimum atomic E-state index is -0.200. The van der Waals surface area contributed by atoms with Crippen molar-refractivity contribution in [3.8, 4) is 0 Å². The normalized spacial score (nSPS) is 11.7. The zero-order valence-corrected chi connectivity index (χ0v) is 8.15. The van der Waals surface area contributed by atoms with Gasteiger partial charge in [-0.1, -0.05) is 42.5 Å². The van der Waals surface area contributed by atoms with E-state index < -0.39 is 0 Å². The molecule has 0 aromatic heterocycles. The standard InChI is InChI=1S/C13H14O/c1-3-8-13(14)12(4-2)11-9-6-5-7-10-11/h3-7,9-10,12H,1-2,8H2. The molecule has 0 heterocycles. The molecule has 0 fully saturated rings. The van der Waals surface area contributed by atoms with E-state index >= 15 is 0 Å². The molecule has 1 rings (SSSR count). The van der Waals surface area contributed by atoms with Gasteiger partial charge in [0.2, 0.25) is 0 Å². The van der Waals surface area contributed by atoms with Crippen LogP contribution in [0, 0.1) is 0 Å². The summed E-state index contributed by atoms with van der Waals surface area (Å²) in [5.41, 5.74) is 0.995. The van der Waals surface area contributed by atoms with Crippen LogP contribution in [0.3, 0.4) is 0 Å². The lowest BCUT2D eigenvalue weighted by molar-refractivity contribution is -0.118. The molecule has 0 N–H and O–H groups in total. The van der Waals surface area contributed by atoms with Crippen molar-refractivity contribution in [1.29, 1.82) is 0 Å². The summed E-state index contributed by atoms with van der Waals surface area (Å²) in [6.07, 6.45) is 3.70. The minimum absolute atomic E-state index is 0.140. The quantitative estimate of drug-likeness (QED) is 0.646. The van der Waals surface area contributed by atoms with Crippen LogP contribution in [0.25, 0.3) is 0 Å². The number of Topliss-reactive ketones (excluding diaryl/α,β-unsaturated/α-hetero) is 1. The largest absolute Gasteiger partial charge is 0.298 e. The van der Waals surface area contributed by atoms with Crippen LogP contribution in [0.5, 0.6) is 0 Å². The van der Waals surface area contributed by atoms with Crippen LogP contribution in [-0.4, -0.2) is 5.78 Å². The number of hydrogen-bond donors (Lipinski definition) is 0. The van der Waals surface area contributed by atoms with Crippen LogP contribution < -0.4 is 0 Å². The van der Waals surface area contributed by atoms with Gasteiger partial charge >= 0.3 is 0 Å². The van der Waals surface area contributed by atoms with Gasteiger partial charge in [-0.05, 0) is 5.56 Å². The molecule has 1 unspecified atom stereocenters. The number of carbonyl (C=O) groups is 1. The summed E-state index contributed by atoms with van der Waals surface area (Å²) in [6, 6.07) is 9.66. The van der Waals surface area contributed by atoms with Gasteiger partial charge < -0.3 is 0 Å². The van der Waals surface area contributed by atoms with Gasteiger partial charge in [0.25, 0.3) is 0 Å². The molecular weight excluding hydrogens is 172 g/mol. The van der Waals surface area contributed by atoms with Crippen LogP contribution >= 0.6 is 0 Å². The number of hydrogen-bond acceptors (Lipinski definition) is 1. The van der Waals surface area contributed by atoms with Crippen molar-refractivity contribution in [3.63, 3.8) is 0 Å². The summed E-state index contributed by atoms with van der Waals surface area (Å²) in [7, 11) is 0. The monoisotopic (exact) mass is 186 g/mol. The van der Waals surface area contributed by atoms with Crippen molar-refractivity contribution in [1.82, 2.24) is 0 Å². The molecule has 14 heavy (non-hydrogen) atoms. The smallest absolute Gasteiger partial charge is 0.147 e. The Morgan fingerprint density at radius 1 is 1.29 bits per heavy atom. The zero-order valence-electron chi connectivity index (χ0n) is 8.15. The first-order valence-corrected chi connectivity index (χ1v) is 4.60. The van der Waals surface area contributed by atoms with E-state index in [9.17, 15) is 4.79 Å². The Balaban J connectivity index is 2.87. The fraction of sp³-hybridized carbons (Fsp3) is 0.154. The van der Waals surface area contributed by atoms with E-state index in [0.29, 0.717) is 6.42 Å². The highest BCUT2D eigenvalue weighted by atomic mass is 16.1. The summed E-state index contributed by atoms with van der Waals surface area (Å²) >= 11 is 0. The average molecular weight is 186 g/mol. The summed E-state index contributed by atoms with van der Waals surface area (Å²) < 4.78 is 0. The summed E-state index contributed by atoms with van der Waals surface area (Å²) in [5.74, 6) is -0.0598. The van der Waals surface area contributed by atoms with Gasteiger partial charge in [0.05, 0.1) is 5.92 Å². The van der Waals surface area contributed by atoms with Gasteiger partial charge in [0, 0.05) is 6.42 Å². The number of benzene rings is 1. The Morgan fingerprint density at radius 3 is 2.43 bits per heavy atom. The maximum Gasteiger partial charge on any atom is 0.147 e. The summed E-state index contributed by atoms with van der Waals surface area (Å²) in [6.45, 7) is 7.24. The minimum Gasteiger partial charge on any atom is -0.298 e. The van der Waals surface area contributed by atoms with Crippen LogP contribution in [0.4, 0.5) is 0 Å².